The summed E-state index contributed by atoms with van der Waals surface area (Å²) in [6.07, 6.45) is 2.65. The first-order valence-electron chi connectivity index (χ1n) is 7.33. The fraction of sp³-hybridized carbons (Fsp3) is 1.00. The highest BCUT2D eigenvalue weighted by Crippen LogP contribution is 2.27. The Morgan fingerprint density at radius 2 is 1.63 bits per heavy atom. The van der Waals surface area contributed by atoms with Crippen molar-refractivity contribution in [1.29, 1.82) is 0 Å². The second kappa shape index (κ2) is 5.68. The minimum atomic E-state index is -3.31. The molecule has 0 aromatic heterocycles. The molecule has 2 heterocycles. The Hall–Kier alpha value is -0.170. The van der Waals surface area contributed by atoms with Crippen LogP contribution in [0.15, 0.2) is 0 Å². The number of hydrogen-bond acceptors (Lipinski definition) is 3. The van der Waals surface area contributed by atoms with Gasteiger partial charge in [-0.2, -0.15) is 17.0 Å². The predicted molar refractivity (Wildman–Crippen MR) is 76.8 cm³/mol. The molecule has 0 aromatic carbocycles. The molecule has 0 unspecified atom stereocenters. The lowest BCUT2D eigenvalue weighted by molar-refractivity contribution is 0.185. The van der Waals surface area contributed by atoms with E-state index < -0.39 is 10.2 Å². The summed E-state index contributed by atoms with van der Waals surface area (Å²) in [5, 5.41) is 0. The van der Waals surface area contributed by atoms with Crippen LogP contribution in [0.1, 0.15) is 40.0 Å². The molecule has 0 aliphatic carbocycles. The van der Waals surface area contributed by atoms with E-state index in [4.69, 9.17) is 5.73 Å². The fourth-order valence-electron chi connectivity index (χ4n) is 3.47. The fourth-order valence-corrected chi connectivity index (χ4v) is 5.53. The third-order valence-corrected chi connectivity index (χ3v) is 6.40. The molecule has 2 aliphatic heterocycles. The lowest BCUT2D eigenvalue weighted by Gasteiger charge is -2.41. The minimum absolute atomic E-state index is 0.0151. The van der Waals surface area contributed by atoms with E-state index in [-0.39, 0.29) is 12.1 Å². The number of nitrogens with zero attached hydrogens (tertiary/aromatic N) is 2. The van der Waals surface area contributed by atoms with Gasteiger partial charge < -0.3 is 5.73 Å². The van der Waals surface area contributed by atoms with Crippen LogP contribution in [0.25, 0.3) is 0 Å². The molecule has 0 bridgehead atoms. The van der Waals surface area contributed by atoms with Gasteiger partial charge in [-0.15, -0.1) is 0 Å². The summed E-state index contributed by atoms with van der Waals surface area (Å²) in [5.41, 5.74) is 5.92. The molecule has 4 atom stereocenters. The number of rotatable bonds is 2. The second-order valence-electron chi connectivity index (χ2n) is 6.52. The Morgan fingerprint density at radius 3 is 2.16 bits per heavy atom. The van der Waals surface area contributed by atoms with Crippen molar-refractivity contribution in [2.24, 2.45) is 17.6 Å². The van der Waals surface area contributed by atoms with Gasteiger partial charge in [-0.3, -0.25) is 0 Å². The highest BCUT2D eigenvalue weighted by Gasteiger charge is 2.38. The zero-order chi connectivity index (χ0) is 14.2. The van der Waals surface area contributed by atoms with Gasteiger partial charge in [0, 0.05) is 31.7 Å². The van der Waals surface area contributed by atoms with Crippen molar-refractivity contribution in [1.82, 2.24) is 8.61 Å². The van der Waals surface area contributed by atoms with Crippen LogP contribution in [-0.2, 0) is 10.2 Å². The Kier molecular flexibility index (Phi) is 4.55. The van der Waals surface area contributed by atoms with Gasteiger partial charge in [0.05, 0.1) is 0 Å². The third kappa shape index (κ3) is 3.29. The molecule has 0 radical (unpaired) electrons. The van der Waals surface area contributed by atoms with Crippen molar-refractivity contribution in [2.75, 3.05) is 19.6 Å². The Bertz CT molecular complexity index is 402. The van der Waals surface area contributed by atoms with Gasteiger partial charge in [0.2, 0.25) is 0 Å². The van der Waals surface area contributed by atoms with Gasteiger partial charge in [0.25, 0.3) is 10.2 Å². The van der Waals surface area contributed by atoms with Gasteiger partial charge in [-0.1, -0.05) is 13.8 Å². The maximum atomic E-state index is 12.8. The van der Waals surface area contributed by atoms with E-state index in [1.54, 1.807) is 8.61 Å². The number of nitrogens with two attached hydrogens (primary N) is 1. The largest absolute Gasteiger partial charge is 0.328 e. The first kappa shape index (κ1) is 15.2. The minimum Gasteiger partial charge on any atom is -0.328 e. The van der Waals surface area contributed by atoms with Crippen molar-refractivity contribution in [2.45, 2.75) is 52.1 Å². The van der Waals surface area contributed by atoms with E-state index >= 15 is 0 Å². The van der Waals surface area contributed by atoms with E-state index in [2.05, 4.69) is 13.8 Å². The zero-order valence-corrected chi connectivity index (χ0v) is 13.1. The first-order chi connectivity index (χ1) is 8.80. The number of hydrogen-bond donors (Lipinski definition) is 1. The summed E-state index contributed by atoms with van der Waals surface area (Å²) in [4.78, 5) is 0. The van der Waals surface area contributed by atoms with Crippen LogP contribution in [-0.4, -0.2) is 48.7 Å². The average Bonchev–Trinajstić information content (AvgIpc) is 2.26. The Morgan fingerprint density at radius 1 is 1.05 bits per heavy atom. The van der Waals surface area contributed by atoms with Crippen molar-refractivity contribution >= 4 is 10.2 Å². The smallest absolute Gasteiger partial charge is 0.282 e. The normalized spacial score (nSPS) is 39.4. The molecule has 0 amide bonds. The molecule has 2 fully saturated rings. The van der Waals surface area contributed by atoms with Crippen LogP contribution in [0.2, 0.25) is 0 Å². The van der Waals surface area contributed by atoms with Crippen LogP contribution in [0.3, 0.4) is 0 Å². The summed E-state index contributed by atoms with van der Waals surface area (Å²) in [6.45, 7) is 8.10. The molecule has 6 heteroatoms. The summed E-state index contributed by atoms with van der Waals surface area (Å²) >= 11 is 0. The molecule has 2 saturated heterocycles. The average molecular weight is 289 g/mol. The first-order valence-corrected chi connectivity index (χ1v) is 8.73. The zero-order valence-electron chi connectivity index (χ0n) is 12.2. The summed E-state index contributed by atoms with van der Waals surface area (Å²) in [6, 6.07) is 0.155. The van der Waals surface area contributed by atoms with Gasteiger partial charge in [0.1, 0.15) is 0 Å². The molecule has 5 nitrogen and oxygen atoms in total. The molecular formula is C13H27N3O2S. The maximum Gasteiger partial charge on any atom is 0.282 e. The second-order valence-corrected chi connectivity index (χ2v) is 8.40. The van der Waals surface area contributed by atoms with E-state index in [9.17, 15) is 8.42 Å². The standard InChI is InChI=1S/C13H27N3O2S/c1-10-6-11(2)9-15(8-10)19(17,18)16-5-4-13(14)7-12(16)3/h10-13H,4-9,14H2,1-3H3/t10-,11+,12-,13-/m1/s1. The van der Waals surface area contributed by atoms with Crippen molar-refractivity contribution < 1.29 is 8.42 Å². The molecule has 0 aromatic rings. The Labute approximate surface area is 117 Å². The molecule has 19 heavy (non-hydrogen) atoms. The van der Waals surface area contributed by atoms with Crippen LogP contribution < -0.4 is 5.73 Å². The summed E-state index contributed by atoms with van der Waals surface area (Å²) < 4.78 is 28.9. The van der Waals surface area contributed by atoms with E-state index in [1.807, 2.05) is 6.92 Å². The van der Waals surface area contributed by atoms with E-state index in [1.165, 1.54) is 0 Å². The maximum absolute atomic E-state index is 12.8. The van der Waals surface area contributed by atoms with E-state index in [0.29, 0.717) is 31.5 Å². The van der Waals surface area contributed by atoms with Crippen molar-refractivity contribution in [3.05, 3.63) is 0 Å². The van der Waals surface area contributed by atoms with Gasteiger partial charge in [-0.05, 0) is 38.0 Å². The Balaban J connectivity index is 2.13. The lowest BCUT2D eigenvalue weighted by atomic mass is 9.94. The molecule has 0 saturated carbocycles. The molecule has 112 valence electrons. The molecule has 2 N–H and O–H groups in total. The van der Waals surface area contributed by atoms with Crippen molar-refractivity contribution in [3.8, 4) is 0 Å². The topological polar surface area (TPSA) is 66.6 Å². The van der Waals surface area contributed by atoms with Gasteiger partial charge >= 0.3 is 0 Å². The lowest BCUT2D eigenvalue weighted by Crippen LogP contribution is -2.55. The predicted octanol–water partition coefficient (Wildman–Crippen LogP) is 1.02. The van der Waals surface area contributed by atoms with Crippen LogP contribution in [0.5, 0.6) is 0 Å². The monoisotopic (exact) mass is 289 g/mol. The van der Waals surface area contributed by atoms with Crippen LogP contribution in [0, 0.1) is 11.8 Å². The molecular weight excluding hydrogens is 262 g/mol. The van der Waals surface area contributed by atoms with Crippen molar-refractivity contribution in [3.63, 3.8) is 0 Å². The quantitative estimate of drug-likeness (QED) is 0.825. The summed E-state index contributed by atoms with van der Waals surface area (Å²) in [5.74, 6) is 0.891. The summed E-state index contributed by atoms with van der Waals surface area (Å²) in [7, 11) is -3.31. The molecule has 2 rings (SSSR count). The molecule has 2 aliphatic rings. The number of piperidine rings is 2. The van der Waals surface area contributed by atoms with E-state index in [0.717, 1.165) is 19.3 Å². The highest BCUT2D eigenvalue weighted by molar-refractivity contribution is 7.86. The highest BCUT2D eigenvalue weighted by atomic mass is 32.2. The third-order valence-electron chi connectivity index (χ3n) is 4.31. The van der Waals surface area contributed by atoms with Gasteiger partial charge in [0.15, 0.2) is 0 Å². The van der Waals surface area contributed by atoms with Gasteiger partial charge in [-0.25, -0.2) is 0 Å². The van der Waals surface area contributed by atoms with Crippen LogP contribution in [0.4, 0.5) is 0 Å². The molecule has 0 spiro atoms. The SMILES string of the molecule is C[C@@H]1C[C@H](C)CN(S(=O)(=O)N2CC[C@@H](N)C[C@H]2C)C1. The van der Waals surface area contributed by atoms with Crippen LogP contribution >= 0.6 is 0 Å².